The van der Waals surface area contributed by atoms with Crippen molar-refractivity contribution in [2.45, 2.75) is 19.8 Å². The largest absolute Gasteiger partial charge is 0.326 e. The fraction of sp³-hybridized carbons (Fsp3) is 0.333. The summed E-state index contributed by atoms with van der Waals surface area (Å²) in [4.78, 5) is 22.3. The Kier molecular flexibility index (Phi) is 5.49. The van der Waals surface area contributed by atoms with Gasteiger partial charge < -0.3 is 10.6 Å². The van der Waals surface area contributed by atoms with Crippen LogP contribution in [0.2, 0.25) is 0 Å². The first kappa shape index (κ1) is 13.5. The summed E-state index contributed by atoms with van der Waals surface area (Å²) in [7, 11) is 0. The Morgan fingerprint density at radius 2 is 1.88 bits per heavy atom. The van der Waals surface area contributed by atoms with E-state index in [1.165, 1.54) is 6.92 Å². The van der Waals surface area contributed by atoms with Crippen molar-refractivity contribution >= 4 is 34.8 Å². The Hall–Kier alpha value is -1.55. The van der Waals surface area contributed by atoms with Crippen molar-refractivity contribution in [1.29, 1.82) is 0 Å². The van der Waals surface area contributed by atoms with Crippen molar-refractivity contribution < 1.29 is 9.59 Å². The van der Waals surface area contributed by atoms with Gasteiger partial charge in [-0.3, -0.25) is 9.59 Å². The molecule has 0 aliphatic rings. The fourth-order valence-electron chi connectivity index (χ4n) is 1.33. The second-order valence-electron chi connectivity index (χ2n) is 3.60. The lowest BCUT2D eigenvalue weighted by Gasteiger charge is -2.07. The molecular weight excluding hydrogens is 240 g/mol. The average Bonchev–Trinajstić information content (AvgIpc) is 2.26. The number of nitrogens with one attached hydrogen (secondary N) is 2. The second kappa shape index (κ2) is 6.91. The van der Waals surface area contributed by atoms with Crippen LogP contribution in [0, 0.1) is 0 Å². The highest BCUT2D eigenvalue weighted by atomic mass is 35.5. The summed E-state index contributed by atoms with van der Waals surface area (Å²) in [6, 6.07) is 7.00. The number of benzene rings is 1. The molecule has 1 aromatic rings. The van der Waals surface area contributed by atoms with Gasteiger partial charge in [0.05, 0.1) is 0 Å². The summed E-state index contributed by atoms with van der Waals surface area (Å²) in [6.07, 6.45) is 1.05. The highest BCUT2D eigenvalue weighted by Gasteiger charge is 2.02. The highest BCUT2D eigenvalue weighted by molar-refractivity contribution is 6.18. The summed E-state index contributed by atoms with van der Waals surface area (Å²) < 4.78 is 0. The smallest absolute Gasteiger partial charge is 0.224 e. The van der Waals surface area contributed by atoms with Gasteiger partial charge in [-0.2, -0.15) is 0 Å². The molecule has 0 fully saturated rings. The van der Waals surface area contributed by atoms with Crippen molar-refractivity contribution in [3.63, 3.8) is 0 Å². The molecule has 17 heavy (non-hydrogen) atoms. The zero-order valence-electron chi connectivity index (χ0n) is 9.63. The predicted molar refractivity (Wildman–Crippen MR) is 69.3 cm³/mol. The topological polar surface area (TPSA) is 58.2 Å². The molecule has 2 N–H and O–H groups in total. The van der Waals surface area contributed by atoms with Crippen LogP contribution in [0.1, 0.15) is 19.8 Å². The lowest BCUT2D eigenvalue weighted by atomic mass is 10.2. The standard InChI is InChI=1S/C12H15ClN2O2/c1-9(16)14-10-4-2-5-11(8-10)15-12(17)6-3-7-13/h2,4-5,8H,3,6-7H2,1H3,(H,14,16)(H,15,17). The van der Waals surface area contributed by atoms with E-state index < -0.39 is 0 Å². The Morgan fingerprint density at radius 3 is 2.47 bits per heavy atom. The molecule has 0 atom stereocenters. The minimum atomic E-state index is -0.143. The molecule has 0 unspecified atom stereocenters. The minimum absolute atomic E-state index is 0.0781. The molecule has 0 aliphatic carbocycles. The van der Waals surface area contributed by atoms with Crippen LogP contribution < -0.4 is 10.6 Å². The molecule has 0 saturated carbocycles. The predicted octanol–water partition coefficient (Wildman–Crippen LogP) is 2.60. The zero-order valence-corrected chi connectivity index (χ0v) is 10.4. The first-order valence-electron chi connectivity index (χ1n) is 5.35. The molecule has 0 bridgehead atoms. The Balaban J connectivity index is 2.59. The zero-order chi connectivity index (χ0) is 12.7. The number of alkyl halides is 1. The van der Waals surface area contributed by atoms with Gasteiger partial charge in [-0.15, -0.1) is 11.6 Å². The SMILES string of the molecule is CC(=O)Nc1cccc(NC(=O)CCCCl)c1. The van der Waals surface area contributed by atoms with E-state index in [9.17, 15) is 9.59 Å². The Labute approximate surface area is 105 Å². The van der Waals surface area contributed by atoms with E-state index in [-0.39, 0.29) is 11.8 Å². The molecule has 0 aliphatic heterocycles. The molecule has 5 heteroatoms. The van der Waals surface area contributed by atoms with Gasteiger partial charge in [-0.05, 0) is 24.6 Å². The van der Waals surface area contributed by atoms with E-state index in [1.807, 2.05) is 0 Å². The van der Waals surface area contributed by atoms with Crippen LogP contribution in [-0.4, -0.2) is 17.7 Å². The molecule has 0 heterocycles. The number of carbonyl (C=O) groups excluding carboxylic acids is 2. The van der Waals surface area contributed by atoms with Gasteiger partial charge in [0.15, 0.2) is 0 Å². The molecule has 92 valence electrons. The monoisotopic (exact) mass is 254 g/mol. The number of halogens is 1. The molecule has 0 radical (unpaired) electrons. The van der Waals surface area contributed by atoms with E-state index in [0.29, 0.717) is 30.1 Å². The van der Waals surface area contributed by atoms with Crippen molar-refractivity contribution in [3.8, 4) is 0 Å². The lowest BCUT2D eigenvalue weighted by Crippen LogP contribution is -2.12. The number of amides is 2. The number of anilines is 2. The first-order valence-corrected chi connectivity index (χ1v) is 5.88. The van der Waals surface area contributed by atoms with E-state index in [0.717, 1.165) is 0 Å². The molecule has 4 nitrogen and oxygen atoms in total. The molecular formula is C12H15ClN2O2. The van der Waals surface area contributed by atoms with Crippen molar-refractivity contribution in [2.24, 2.45) is 0 Å². The summed E-state index contributed by atoms with van der Waals surface area (Å²) in [6.45, 7) is 1.44. The molecule has 0 aromatic heterocycles. The quantitative estimate of drug-likeness (QED) is 0.794. The number of hydrogen-bond acceptors (Lipinski definition) is 2. The van der Waals surface area contributed by atoms with Crippen molar-refractivity contribution in [2.75, 3.05) is 16.5 Å². The number of carbonyl (C=O) groups is 2. The molecule has 1 rings (SSSR count). The third-order valence-electron chi connectivity index (χ3n) is 2.00. The number of hydrogen-bond donors (Lipinski definition) is 2. The van der Waals surface area contributed by atoms with Crippen molar-refractivity contribution in [1.82, 2.24) is 0 Å². The van der Waals surface area contributed by atoms with Crippen LogP contribution in [0.4, 0.5) is 11.4 Å². The van der Waals surface area contributed by atoms with Gasteiger partial charge in [-0.1, -0.05) is 6.07 Å². The van der Waals surface area contributed by atoms with E-state index in [2.05, 4.69) is 10.6 Å². The van der Waals surface area contributed by atoms with E-state index in [1.54, 1.807) is 24.3 Å². The van der Waals surface area contributed by atoms with Crippen LogP contribution in [0.5, 0.6) is 0 Å². The number of rotatable bonds is 5. The fourth-order valence-corrected chi connectivity index (χ4v) is 1.46. The van der Waals surface area contributed by atoms with E-state index >= 15 is 0 Å². The summed E-state index contributed by atoms with van der Waals surface area (Å²) >= 11 is 5.50. The van der Waals surface area contributed by atoms with Gasteiger partial charge >= 0.3 is 0 Å². The molecule has 1 aromatic carbocycles. The van der Waals surface area contributed by atoms with Crippen LogP contribution in [-0.2, 0) is 9.59 Å². The minimum Gasteiger partial charge on any atom is -0.326 e. The maximum Gasteiger partial charge on any atom is 0.224 e. The summed E-state index contributed by atoms with van der Waals surface area (Å²) in [5.41, 5.74) is 1.32. The van der Waals surface area contributed by atoms with Crippen molar-refractivity contribution in [3.05, 3.63) is 24.3 Å². The third kappa shape index (κ3) is 5.36. The average molecular weight is 255 g/mol. The molecule has 0 spiro atoms. The van der Waals surface area contributed by atoms with Gasteiger partial charge in [0.1, 0.15) is 0 Å². The van der Waals surface area contributed by atoms with Crippen LogP contribution >= 0.6 is 11.6 Å². The Morgan fingerprint density at radius 1 is 1.24 bits per heavy atom. The van der Waals surface area contributed by atoms with Crippen LogP contribution in [0.3, 0.4) is 0 Å². The Bertz CT molecular complexity index is 407. The van der Waals surface area contributed by atoms with Crippen LogP contribution in [0.25, 0.3) is 0 Å². The highest BCUT2D eigenvalue weighted by Crippen LogP contribution is 2.15. The second-order valence-corrected chi connectivity index (χ2v) is 3.98. The van der Waals surface area contributed by atoms with Gasteiger partial charge in [0.2, 0.25) is 11.8 Å². The summed E-state index contributed by atoms with van der Waals surface area (Å²) in [5, 5.41) is 5.39. The maximum atomic E-state index is 11.4. The first-order chi connectivity index (χ1) is 8.11. The molecule has 2 amide bonds. The van der Waals surface area contributed by atoms with Crippen LogP contribution in [0.15, 0.2) is 24.3 Å². The lowest BCUT2D eigenvalue weighted by molar-refractivity contribution is -0.116. The van der Waals surface area contributed by atoms with Gasteiger partial charge in [0, 0.05) is 30.6 Å². The van der Waals surface area contributed by atoms with Gasteiger partial charge in [0.25, 0.3) is 0 Å². The normalized spacial score (nSPS) is 9.76. The van der Waals surface area contributed by atoms with E-state index in [4.69, 9.17) is 11.6 Å². The van der Waals surface area contributed by atoms with Gasteiger partial charge in [-0.25, -0.2) is 0 Å². The summed E-state index contributed by atoms with van der Waals surface area (Å²) in [5.74, 6) is 0.251. The maximum absolute atomic E-state index is 11.4. The third-order valence-corrected chi connectivity index (χ3v) is 2.27. The molecule has 0 saturated heterocycles.